The van der Waals surface area contributed by atoms with Gasteiger partial charge >= 0.3 is 0 Å². The van der Waals surface area contributed by atoms with Crippen LogP contribution in [0.15, 0.2) is 103 Å². The highest BCUT2D eigenvalue weighted by atomic mass is 19.1. The topological polar surface area (TPSA) is 7.76 Å². The SMILES string of the molecule is CC1(C)c2c(F)ccc3c2-c2c4c1cccc4cc[n+]2C3.Cc1ccc(C)c(-c2ccc3c(c2)-c2cccc[n+]2C3)c1. The monoisotopic (exact) mass is 548 g/mol. The molecule has 0 saturated carbocycles. The number of pyridine rings is 2. The van der Waals surface area contributed by atoms with Crippen molar-refractivity contribution in [1.82, 2.24) is 0 Å². The average Bonchev–Trinajstić information content (AvgIpc) is 3.56. The van der Waals surface area contributed by atoms with Crippen molar-refractivity contribution in [3.63, 3.8) is 0 Å². The highest BCUT2D eigenvalue weighted by Gasteiger charge is 2.44. The van der Waals surface area contributed by atoms with Crippen LogP contribution < -0.4 is 9.13 Å². The van der Waals surface area contributed by atoms with Crippen molar-refractivity contribution in [3.8, 4) is 33.6 Å². The number of fused-ring (bicyclic) bond motifs is 3. The molecule has 2 aromatic heterocycles. The molecule has 0 amide bonds. The Bertz CT molecular complexity index is 2100. The van der Waals surface area contributed by atoms with Gasteiger partial charge in [0.05, 0.1) is 16.5 Å². The summed E-state index contributed by atoms with van der Waals surface area (Å²) in [5, 5.41) is 2.54. The summed E-state index contributed by atoms with van der Waals surface area (Å²) in [4.78, 5) is 0. The molecule has 4 aromatic carbocycles. The lowest BCUT2D eigenvalue weighted by Crippen LogP contribution is -2.34. The Labute approximate surface area is 246 Å². The maximum atomic E-state index is 14.6. The van der Waals surface area contributed by atoms with Crippen LogP contribution in [-0.4, -0.2) is 0 Å². The molecule has 4 heterocycles. The standard InChI is InChI=1S/C20H18N.C19H15FN/c1-14-6-7-15(2)18(11-14)16-8-9-17-13-21-10-4-3-5-20(21)19(17)12-16;1-19(2)13-5-3-4-11-8-9-21-10-12-6-7-14(20)17(19)16(12)18(21)15(11)13/h3-12H,13H2,1-2H3;3-9H,10H2,1-2H3/q2*+1. The van der Waals surface area contributed by atoms with Crippen molar-refractivity contribution >= 4 is 10.8 Å². The number of halogens is 1. The van der Waals surface area contributed by atoms with Gasteiger partial charge in [0.1, 0.15) is 5.82 Å². The molecule has 3 aliphatic rings. The fraction of sp³-hybridized carbons (Fsp3) is 0.179. The molecule has 42 heavy (non-hydrogen) atoms. The molecule has 0 atom stereocenters. The molecule has 3 heteroatoms. The Morgan fingerprint density at radius 3 is 2.43 bits per heavy atom. The van der Waals surface area contributed by atoms with E-state index in [1.807, 2.05) is 6.07 Å². The fourth-order valence-electron chi connectivity index (χ4n) is 7.44. The molecule has 0 fully saturated rings. The molecule has 9 rings (SSSR count). The molecule has 2 aliphatic heterocycles. The zero-order valence-corrected chi connectivity index (χ0v) is 24.5. The normalized spacial score (nSPS) is 14.3. The van der Waals surface area contributed by atoms with Crippen molar-refractivity contribution in [2.75, 3.05) is 0 Å². The van der Waals surface area contributed by atoms with Gasteiger partial charge in [-0.05, 0) is 65.8 Å². The van der Waals surface area contributed by atoms with Crippen molar-refractivity contribution in [1.29, 1.82) is 0 Å². The molecule has 0 radical (unpaired) electrons. The summed E-state index contributed by atoms with van der Waals surface area (Å²) in [6.07, 6.45) is 4.29. The van der Waals surface area contributed by atoms with Gasteiger partial charge in [0.15, 0.2) is 25.5 Å². The van der Waals surface area contributed by atoms with Crippen LogP contribution in [0.3, 0.4) is 0 Å². The van der Waals surface area contributed by atoms with E-state index in [2.05, 4.69) is 128 Å². The lowest BCUT2D eigenvalue weighted by molar-refractivity contribution is -0.672. The van der Waals surface area contributed by atoms with Gasteiger partial charge in [-0.2, -0.15) is 9.13 Å². The van der Waals surface area contributed by atoms with E-state index in [4.69, 9.17) is 0 Å². The number of hydrogen-bond acceptors (Lipinski definition) is 0. The third-order valence-corrected chi connectivity index (χ3v) is 9.54. The minimum atomic E-state index is -0.300. The molecule has 0 unspecified atom stereocenters. The Morgan fingerprint density at radius 1 is 0.714 bits per heavy atom. The van der Waals surface area contributed by atoms with Crippen LogP contribution in [0, 0.1) is 19.7 Å². The predicted octanol–water partition coefficient (Wildman–Crippen LogP) is 8.22. The van der Waals surface area contributed by atoms with Gasteiger partial charge in [-0.15, -0.1) is 0 Å². The second kappa shape index (κ2) is 8.93. The van der Waals surface area contributed by atoms with E-state index in [1.165, 1.54) is 66.7 Å². The number of rotatable bonds is 1. The summed E-state index contributed by atoms with van der Waals surface area (Å²) in [7, 11) is 0. The Balaban J connectivity index is 0.000000127. The lowest BCUT2D eigenvalue weighted by Gasteiger charge is -2.32. The van der Waals surface area contributed by atoms with E-state index in [1.54, 1.807) is 6.07 Å². The molecule has 204 valence electrons. The quantitative estimate of drug-likeness (QED) is 0.183. The van der Waals surface area contributed by atoms with Crippen LogP contribution in [0.5, 0.6) is 0 Å². The Morgan fingerprint density at radius 2 is 1.55 bits per heavy atom. The van der Waals surface area contributed by atoms with Crippen LogP contribution in [0.1, 0.15) is 47.2 Å². The van der Waals surface area contributed by atoms with Gasteiger partial charge in [-0.25, -0.2) is 4.39 Å². The third-order valence-electron chi connectivity index (χ3n) is 9.54. The maximum absolute atomic E-state index is 14.6. The molecule has 1 aliphatic carbocycles. The Hall–Kier alpha value is -4.63. The molecule has 0 bridgehead atoms. The van der Waals surface area contributed by atoms with Crippen molar-refractivity contribution in [3.05, 3.63) is 143 Å². The first-order valence-corrected chi connectivity index (χ1v) is 14.8. The van der Waals surface area contributed by atoms with Crippen LogP contribution in [0.2, 0.25) is 0 Å². The van der Waals surface area contributed by atoms with E-state index in [9.17, 15) is 4.39 Å². The van der Waals surface area contributed by atoms with Crippen LogP contribution in [0.25, 0.3) is 44.4 Å². The zero-order chi connectivity index (χ0) is 28.7. The van der Waals surface area contributed by atoms with Crippen LogP contribution >= 0.6 is 0 Å². The summed E-state index contributed by atoms with van der Waals surface area (Å²) in [5.74, 6) is -0.0845. The zero-order valence-electron chi connectivity index (χ0n) is 24.5. The molecule has 0 N–H and O–H groups in total. The first-order valence-electron chi connectivity index (χ1n) is 14.8. The number of hydrogen-bond donors (Lipinski definition) is 0. The lowest BCUT2D eigenvalue weighted by atomic mass is 9.69. The van der Waals surface area contributed by atoms with E-state index in [0.717, 1.165) is 24.2 Å². The molecule has 2 nitrogen and oxygen atoms in total. The third kappa shape index (κ3) is 3.56. The van der Waals surface area contributed by atoms with E-state index >= 15 is 0 Å². The average molecular weight is 549 g/mol. The fourth-order valence-corrected chi connectivity index (χ4v) is 7.44. The van der Waals surface area contributed by atoms with Crippen LogP contribution in [-0.2, 0) is 18.5 Å². The summed E-state index contributed by atoms with van der Waals surface area (Å²) in [5.41, 5.74) is 14.8. The van der Waals surface area contributed by atoms with Crippen molar-refractivity contribution < 1.29 is 13.5 Å². The molecule has 0 spiro atoms. The summed E-state index contributed by atoms with van der Waals surface area (Å²) in [6, 6.07) is 32.1. The highest BCUT2D eigenvalue weighted by molar-refractivity contribution is 6.01. The van der Waals surface area contributed by atoms with Crippen LogP contribution in [0.4, 0.5) is 4.39 Å². The molecular weight excluding hydrogens is 515 g/mol. The summed E-state index contributed by atoms with van der Waals surface area (Å²) in [6.45, 7) is 10.4. The predicted molar refractivity (Wildman–Crippen MR) is 167 cm³/mol. The number of nitrogens with zero attached hydrogens (tertiary/aromatic N) is 2. The smallest absolute Gasteiger partial charge is 0.207 e. The van der Waals surface area contributed by atoms with Gasteiger partial charge in [-0.1, -0.05) is 67.9 Å². The van der Waals surface area contributed by atoms with E-state index in [0.29, 0.717) is 0 Å². The minimum absolute atomic E-state index is 0.0845. The minimum Gasteiger partial charge on any atom is -0.207 e. The number of aromatic nitrogens is 2. The van der Waals surface area contributed by atoms with Crippen molar-refractivity contribution in [2.45, 2.75) is 46.2 Å². The van der Waals surface area contributed by atoms with Gasteiger partial charge in [0.25, 0.3) is 0 Å². The van der Waals surface area contributed by atoms with Gasteiger partial charge in [0.2, 0.25) is 11.4 Å². The second-order valence-electron chi connectivity index (χ2n) is 12.5. The summed E-state index contributed by atoms with van der Waals surface area (Å²) >= 11 is 0. The van der Waals surface area contributed by atoms with Gasteiger partial charge < -0.3 is 0 Å². The molecule has 0 saturated heterocycles. The maximum Gasteiger partial charge on any atom is 0.221 e. The molecular formula is C39H33FN2+2. The Kier molecular flexibility index (Phi) is 5.34. The first-order chi connectivity index (χ1) is 20.3. The van der Waals surface area contributed by atoms with E-state index in [-0.39, 0.29) is 11.2 Å². The number of benzene rings is 4. The summed E-state index contributed by atoms with van der Waals surface area (Å²) < 4.78 is 19.2. The van der Waals surface area contributed by atoms with Crippen molar-refractivity contribution in [2.24, 2.45) is 0 Å². The highest BCUT2D eigenvalue weighted by Crippen LogP contribution is 2.50. The van der Waals surface area contributed by atoms with E-state index < -0.39 is 0 Å². The number of aryl methyl sites for hydroxylation is 2. The largest absolute Gasteiger partial charge is 0.221 e. The first kappa shape index (κ1) is 25.1. The van der Waals surface area contributed by atoms with Gasteiger partial charge in [0, 0.05) is 40.3 Å². The second-order valence-corrected chi connectivity index (χ2v) is 12.5. The molecule has 6 aromatic rings. The van der Waals surface area contributed by atoms with Gasteiger partial charge in [-0.3, -0.25) is 0 Å².